The summed E-state index contributed by atoms with van der Waals surface area (Å²) in [5.41, 5.74) is 2.58. The fourth-order valence-corrected chi connectivity index (χ4v) is 6.25. The molecule has 0 aliphatic carbocycles. The second kappa shape index (κ2) is 17.7. The maximum Gasteiger partial charge on any atom is 0.408 e. The Labute approximate surface area is 297 Å². The zero-order valence-corrected chi connectivity index (χ0v) is 29.2. The highest BCUT2D eigenvalue weighted by Gasteiger charge is 2.28. The smallest absolute Gasteiger partial charge is 0.408 e. The molecule has 5 rings (SSSR count). The number of carbonyl (C=O) groups excluding carboxylic acids is 3. The van der Waals surface area contributed by atoms with Crippen LogP contribution in [0.2, 0.25) is 0 Å². The fraction of sp³-hybridized carbons (Fsp3) is 0.459. The summed E-state index contributed by atoms with van der Waals surface area (Å²) in [7, 11) is 0. The average Bonchev–Trinajstić information content (AvgIpc) is 3.63. The molecule has 3 aromatic rings. The van der Waals surface area contributed by atoms with E-state index < -0.39 is 36.2 Å². The molecule has 14 heteroatoms. The van der Waals surface area contributed by atoms with E-state index in [-0.39, 0.29) is 37.3 Å². The second-order valence-corrected chi connectivity index (χ2v) is 13.2. The van der Waals surface area contributed by atoms with Crippen molar-refractivity contribution in [1.29, 1.82) is 0 Å². The van der Waals surface area contributed by atoms with Gasteiger partial charge in [-0.25, -0.2) is 19.2 Å². The highest BCUT2D eigenvalue weighted by Crippen LogP contribution is 2.27. The van der Waals surface area contributed by atoms with E-state index in [0.717, 1.165) is 0 Å². The maximum atomic E-state index is 15.0. The number of carbonyl (C=O) groups is 3. The molecule has 2 amide bonds. The number of aliphatic hydroxyl groups is 1. The van der Waals surface area contributed by atoms with Crippen molar-refractivity contribution in [2.24, 2.45) is 11.8 Å². The third-order valence-corrected chi connectivity index (χ3v) is 9.16. The van der Waals surface area contributed by atoms with Crippen molar-refractivity contribution in [2.75, 3.05) is 31.1 Å². The Hall–Kier alpha value is -5.11. The Bertz CT molecular complexity index is 1680. The number of anilines is 1. The van der Waals surface area contributed by atoms with Gasteiger partial charge in [-0.1, -0.05) is 26.0 Å². The molecule has 4 heterocycles. The molecule has 1 saturated heterocycles. The second-order valence-electron chi connectivity index (χ2n) is 13.2. The Morgan fingerprint density at radius 3 is 2.65 bits per heavy atom. The lowest BCUT2D eigenvalue weighted by Gasteiger charge is -2.36. The summed E-state index contributed by atoms with van der Waals surface area (Å²) in [6, 6.07) is 8.24. The van der Waals surface area contributed by atoms with Crippen molar-refractivity contribution in [2.45, 2.75) is 71.4 Å². The molecule has 2 aliphatic rings. The maximum absolute atomic E-state index is 15.0. The van der Waals surface area contributed by atoms with Crippen LogP contribution >= 0.6 is 0 Å². The van der Waals surface area contributed by atoms with E-state index >= 15 is 4.39 Å². The molecular weight excluding hydrogens is 657 g/mol. The summed E-state index contributed by atoms with van der Waals surface area (Å²) in [5.74, 6) is -1.48. The van der Waals surface area contributed by atoms with Crippen LogP contribution in [0.25, 0.3) is 6.08 Å². The van der Waals surface area contributed by atoms with Gasteiger partial charge in [0.25, 0.3) is 0 Å². The summed E-state index contributed by atoms with van der Waals surface area (Å²) in [6.45, 7) is 8.06. The topological polar surface area (TPSA) is 152 Å². The summed E-state index contributed by atoms with van der Waals surface area (Å²) in [5, 5.41) is 17.5. The molecule has 2 N–H and O–H groups in total. The number of piperazine rings is 1. The van der Waals surface area contributed by atoms with Gasteiger partial charge in [0.2, 0.25) is 5.91 Å². The molecule has 272 valence electrons. The number of nitrogens with one attached hydrogen (secondary N) is 1. The lowest BCUT2D eigenvalue weighted by molar-refractivity contribution is -0.151. The van der Waals surface area contributed by atoms with E-state index in [9.17, 15) is 19.5 Å². The highest BCUT2D eigenvalue weighted by molar-refractivity contribution is 5.76. The van der Waals surface area contributed by atoms with Gasteiger partial charge in [-0.3, -0.25) is 14.3 Å². The van der Waals surface area contributed by atoms with Crippen LogP contribution in [0.3, 0.4) is 0 Å². The molecule has 1 aromatic carbocycles. The van der Waals surface area contributed by atoms with Gasteiger partial charge >= 0.3 is 12.1 Å². The fourth-order valence-electron chi connectivity index (χ4n) is 6.25. The van der Waals surface area contributed by atoms with Gasteiger partial charge in [0, 0.05) is 56.4 Å². The van der Waals surface area contributed by atoms with E-state index in [1.54, 1.807) is 52.5 Å². The SMILES string of the molecule is C/C(=C\c1cc(F)cc(N2CCN(C(=O)Cn3cccn3)CC2)c1)[C@H]1OC(=O)C[C@H](O)CC[C@H](C)[C@@H](OC(=O)NCc2ccncn2)/C=C\[C@@H]1C. The number of alkyl carbamates (subject to hydrolysis) is 1. The van der Waals surface area contributed by atoms with E-state index in [2.05, 4.69) is 20.4 Å². The summed E-state index contributed by atoms with van der Waals surface area (Å²) in [4.78, 5) is 50.3. The van der Waals surface area contributed by atoms with Crippen molar-refractivity contribution in [3.63, 3.8) is 0 Å². The minimum atomic E-state index is -0.928. The Kier molecular flexibility index (Phi) is 12.9. The zero-order chi connectivity index (χ0) is 36.3. The predicted molar refractivity (Wildman–Crippen MR) is 187 cm³/mol. The normalized spacial score (nSPS) is 24.1. The van der Waals surface area contributed by atoms with Crippen LogP contribution < -0.4 is 10.2 Å². The van der Waals surface area contributed by atoms with Gasteiger partial charge in [0.15, 0.2) is 0 Å². The van der Waals surface area contributed by atoms with E-state index in [1.165, 1.54) is 18.5 Å². The Balaban J connectivity index is 1.28. The summed E-state index contributed by atoms with van der Waals surface area (Å²) in [6.07, 6.45) is 9.57. The van der Waals surface area contributed by atoms with Crippen molar-refractivity contribution in [3.8, 4) is 0 Å². The standard InChI is InChI=1S/C37H46FN7O6/c1-25-5-7-32(46)21-35(48)51-36(26(2)6-8-33(25)50-37(49)40-22-30-9-11-39-24-41-30)27(3)17-28-18-29(38)20-31(19-28)43-13-15-44(16-14-43)34(47)23-45-12-4-10-42-45/h4,6,8-12,17-20,24-26,32-33,36,46H,5,7,13-16,21-23H2,1-3H3,(H,40,49)/b8-6-,27-17+/t25-,26-,32+,33-,36-/m0/s1. The molecule has 13 nitrogen and oxygen atoms in total. The first kappa shape index (κ1) is 37.2. The molecule has 0 unspecified atom stereocenters. The van der Waals surface area contributed by atoms with Crippen molar-refractivity contribution < 1.29 is 33.4 Å². The predicted octanol–water partition coefficient (Wildman–Crippen LogP) is 4.14. The minimum absolute atomic E-state index is 0.0201. The number of amides is 2. The van der Waals surface area contributed by atoms with Crippen molar-refractivity contribution >= 4 is 29.7 Å². The largest absolute Gasteiger partial charge is 0.457 e. The van der Waals surface area contributed by atoms with Gasteiger partial charge in [-0.15, -0.1) is 0 Å². The number of esters is 1. The molecule has 0 spiro atoms. The van der Waals surface area contributed by atoms with E-state index in [4.69, 9.17) is 9.47 Å². The number of halogens is 1. The van der Waals surface area contributed by atoms with Gasteiger partial charge in [0.05, 0.1) is 24.8 Å². The first-order valence-corrected chi connectivity index (χ1v) is 17.3. The Morgan fingerprint density at radius 1 is 1.12 bits per heavy atom. The number of nitrogens with zero attached hydrogens (tertiary/aromatic N) is 6. The van der Waals surface area contributed by atoms with Crippen LogP contribution in [0.1, 0.15) is 51.3 Å². The molecule has 0 radical (unpaired) electrons. The first-order chi connectivity index (χ1) is 24.5. The number of benzene rings is 1. The van der Waals surface area contributed by atoms with Crippen molar-refractivity contribution in [1.82, 2.24) is 30.0 Å². The van der Waals surface area contributed by atoms with Gasteiger partial charge < -0.3 is 29.7 Å². The average molecular weight is 704 g/mol. The third-order valence-electron chi connectivity index (χ3n) is 9.16. The van der Waals surface area contributed by atoms with Crippen LogP contribution in [0, 0.1) is 17.7 Å². The quantitative estimate of drug-likeness (QED) is 0.259. The highest BCUT2D eigenvalue weighted by atomic mass is 19.1. The van der Waals surface area contributed by atoms with Gasteiger partial charge in [-0.2, -0.15) is 5.10 Å². The molecule has 0 bridgehead atoms. The molecule has 5 atom stereocenters. The number of ether oxygens (including phenoxy) is 2. The number of rotatable bonds is 8. The van der Waals surface area contributed by atoms with E-state index in [1.807, 2.05) is 37.8 Å². The van der Waals surface area contributed by atoms with Crippen LogP contribution in [0.4, 0.5) is 14.9 Å². The number of hydrogen-bond acceptors (Lipinski definition) is 10. The molecule has 2 aromatic heterocycles. The Morgan fingerprint density at radius 2 is 1.92 bits per heavy atom. The first-order valence-electron chi connectivity index (χ1n) is 17.3. The monoisotopic (exact) mass is 703 g/mol. The van der Waals surface area contributed by atoms with Crippen LogP contribution in [-0.2, 0) is 32.2 Å². The number of aliphatic hydroxyl groups excluding tert-OH is 1. The lowest BCUT2D eigenvalue weighted by atomic mass is 9.91. The molecule has 51 heavy (non-hydrogen) atoms. The van der Waals surface area contributed by atoms with Crippen LogP contribution in [0.15, 0.2) is 73.0 Å². The molecular formula is C37H46FN7O6. The van der Waals surface area contributed by atoms with Gasteiger partial charge in [-0.05, 0) is 73.2 Å². The number of cyclic esters (lactones) is 1. The summed E-state index contributed by atoms with van der Waals surface area (Å²) >= 11 is 0. The van der Waals surface area contributed by atoms with E-state index in [0.29, 0.717) is 61.5 Å². The van der Waals surface area contributed by atoms with Crippen LogP contribution in [0.5, 0.6) is 0 Å². The van der Waals surface area contributed by atoms with Crippen LogP contribution in [-0.4, -0.2) is 92.2 Å². The lowest BCUT2D eigenvalue weighted by Crippen LogP contribution is -2.49. The zero-order valence-electron chi connectivity index (χ0n) is 29.2. The molecule has 0 saturated carbocycles. The van der Waals surface area contributed by atoms with Gasteiger partial charge in [0.1, 0.15) is 30.9 Å². The number of aromatic nitrogens is 4. The third kappa shape index (κ3) is 10.9. The van der Waals surface area contributed by atoms with Crippen molar-refractivity contribution in [3.05, 3.63) is 90.0 Å². The molecule has 1 fully saturated rings. The summed E-state index contributed by atoms with van der Waals surface area (Å²) < 4.78 is 28.3. The molecule has 2 aliphatic heterocycles. The minimum Gasteiger partial charge on any atom is -0.457 e. The number of hydrogen-bond donors (Lipinski definition) is 2.